The molecule has 0 amide bonds. The number of aliphatic hydroxyl groups is 1. The molecule has 2 aromatic carbocycles. The molecule has 0 saturated heterocycles. The van der Waals surface area contributed by atoms with Crippen LogP contribution in [-0.2, 0) is 23.2 Å². The average Bonchev–Trinajstić information content (AvgIpc) is 3.33. The molecule has 36 heavy (non-hydrogen) atoms. The fourth-order valence-corrected chi connectivity index (χ4v) is 5.00. The third-order valence-electron chi connectivity index (χ3n) is 6.79. The highest BCUT2D eigenvalue weighted by molar-refractivity contribution is 6.01. The van der Waals surface area contributed by atoms with E-state index in [0.29, 0.717) is 16.8 Å². The minimum atomic E-state index is -1.79. The molecule has 2 unspecified atom stereocenters. The minimum absolute atomic E-state index is 0.131. The number of Topliss-reactive ketones (excluding diaryl/α,β-unsaturated/α-hetero) is 1. The molecule has 0 saturated carbocycles. The van der Waals surface area contributed by atoms with Crippen LogP contribution in [-0.4, -0.2) is 37.5 Å². The van der Waals surface area contributed by atoms with Crippen LogP contribution >= 0.6 is 0 Å². The first kappa shape index (κ1) is 23.6. The number of carbonyl (C=O) groups excluding carboxylic acids is 1. The number of ether oxygens (including phenoxy) is 1. The summed E-state index contributed by atoms with van der Waals surface area (Å²) in [6.07, 6.45) is -0.0379. The van der Waals surface area contributed by atoms with Crippen molar-refractivity contribution in [2.45, 2.75) is 37.9 Å². The number of pyridine rings is 1. The number of aliphatic carboxylic acids is 1. The highest BCUT2D eigenvalue weighted by Gasteiger charge is 2.54. The van der Waals surface area contributed by atoms with E-state index in [1.807, 2.05) is 0 Å². The number of halogens is 2. The fraction of sp³-hybridized carbons (Fsp3) is 0.222. The number of aromatic nitrogens is 2. The van der Waals surface area contributed by atoms with Crippen LogP contribution in [0.4, 0.5) is 8.78 Å². The summed E-state index contributed by atoms with van der Waals surface area (Å²) in [5, 5.41) is 21.0. The van der Waals surface area contributed by atoms with Gasteiger partial charge in [0.05, 0.1) is 17.4 Å². The molecule has 1 aliphatic rings. The Morgan fingerprint density at radius 2 is 1.83 bits per heavy atom. The lowest BCUT2D eigenvalue weighted by molar-refractivity contribution is -0.148. The van der Waals surface area contributed by atoms with Crippen molar-refractivity contribution in [1.82, 2.24) is 9.38 Å². The molecule has 0 bridgehead atoms. The van der Waals surface area contributed by atoms with Gasteiger partial charge in [-0.05, 0) is 42.3 Å². The third-order valence-corrected chi connectivity index (χ3v) is 6.79. The van der Waals surface area contributed by atoms with Crippen LogP contribution in [0, 0.1) is 18.6 Å². The smallest absolute Gasteiger partial charge is 0.317 e. The Morgan fingerprint density at radius 1 is 1.11 bits per heavy atom. The molecular weight excluding hydrogens is 470 g/mol. The lowest BCUT2D eigenvalue weighted by atomic mass is 9.75. The Hall–Kier alpha value is -4.11. The van der Waals surface area contributed by atoms with Crippen molar-refractivity contribution in [1.29, 1.82) is 0 Å². The van der Waals surface area contributed by atoms with E-state index in [4.69, 9.17) is 4.74 Å². The van der Waals surface area contributed by atoms with Gasteiger partial charge in [0.1, 0.15) is 29.4 Å². The van der Waals surface area contributed by atoms with Gasteiger partial charge in [0.25, 0.3) is 0 Å². The van der Waals surface area contributed by atoms with Gasteiger partial charge in [-0.15, -0.1) is 0 Å². The van der Waals surface area contributed by atoms with Crippen LogP contribution in [0.2, 0.25) is 0 Å². The summed E-state index contributed by atoms with van der Waals surface area (Å²) in [7, 11) is 0. The summed E-state index contributed by atoms with van der Waals surface area (Å²) in [5.74, 6) is -3.09. The molecule has 7 nitrogen and oxygen atoms in total. The van der Waals surface area contributed by atoms with Crippen molar-refractivity contribution in [3.8, 4) is 5.75 Å². The highest BCUT2D eigenvalue weighted by Crippen LogP contribution is 2.43. The third kappa shape index (κ3) is 3.63. The average molecular weight is 492 g/mol. The van der Waals surface area contributed by atoms with Gasteiger partial charge in [0.15, 0.2) is 17.2 Å². The molecule has 0 aliphatic heterocycles. The molecule has 5 rings (SSSR count). The van der Waals surface area contributed by atoms with Gasteiger partial charge in [-0.25, -0.2) is 13.8 Å². The van der Waals surface area contributed by atoms with Gasteiger partial charge in [-0.1, -0.05) is 30.3 Å². The zero-order valence-electron chi connectivity index (χ0n) is 19.2. The Labute approximate surface area is 204 Å². The van der Waals surface area contributed by atoms with Crippen LogP contribution < -0.4 is 4.74 Å². The number of fused-ring (bicyclic) bond motifs is 2. The summed E-state index contributed by atoms with van der Waals surface area (Å²) in [4.78, 5) is 30.4. The van der Waals surface area contributed by atoms with Gasteiger partial charge in [0.2, 0.25) is 0 Å². The lowest BCUT2D eigenvalue weighted by Gasteiger charge is -2.28. The zero-order chi connectivity index (χ0) is 25.6. The van der Waals surface area contributed by atoms with E-state index in [1.165, 1.54) is 10.5 Å². The first-order valence-corrected chi connectivity index (χ1v) is 11.3. The normalized spacial score (nSPS) is 18.8. The number of hydrogen-bond acceptors (Lipinski definition) is 5. The van der Waals surface area contributed by atoms with Crippen molar-refractivity contribution in [2.24, 2.45) is 0 Å². The molecule has 4 aromatic rings. The maximum atomic E-state index is 14.0. The number of carboxylic acid groups (broad SMARTS) is 1. The topological polar surface area (TPSA) is 101 Å². The van der Waals surface area contributed by atoms with Crippen LogP contribution in [0.3, 0.4) is 0 Å². The largest absolute Gasteiger partial charge is 0.485 e. The van der Waals surface area contributed by atoms with Crippen molar-refractivity contribution >= 4 is 17.4 Å². The second-order valence-corrected chi connectivity index (χ2v) is 8.85. The SMILES string of the molecule is Cc1nc2c(OCc3c(F)cccc3F)cccn2c1C(=O)CC1(C(=O)O)c2ccccc2CC1O. The number of ketones is 1. The number of benzene rings is 2. The molecule has 0 radical (unpaired) electrons. The number of nitrogens with zero attached hydrogens (tertiary/aromatic N) is 2. The summed E-state index contributed by atoms with van der Waals surface area (Å²) >= 11 is 0. The fourth-order valence-electron chi connectivity index (χ4n) is 5.00. The second kappa shape index (κ2) is 8.83. The molecule has 184 valence electrons. The summed E-state index contributed by atoms with van der Waals surface area (Å²) in [6.45, 7) is 1.21. The quantitative estimate of drug-likeness (QED) is 0.378. The van der Waals surface area contributed by atoms with Crippen molar-refractivity contribution in [3.05, 3.63) is 101 Å². The van der Waals surface area contributed by atoms with E-state index >= 15 is 0 Å². The number of hydrogen-bond donors (Lipinski definition) is 2. The van der Waals surface area contributed by atoms with Gasteiger partial charge < -0.3 is 14.9 Å². The lowest BCUT2D eigenvalue weighted by Crippen LogP contribution is -2.45. The first-order chi connectivity index (χ1) is 17.2. The Morgan fingerprint density at radius 3 is 2.56 bits per heavy atom. The summed E-state index contributed by atoms with van der Waals surface area (Å²) < 4.78 is 35.2. The highest BCUT2D eigenvalue weighted by atomic mass is 19.1. The monoisotopic (exact) mass is 492 g/mol. The maximum Gasteiger partial charge on any atom is 0.317 e. The number of rotatable bonds is 7. The minimum Gasteiger partial charge on any atom is -0.485 e. The molecular formula is C27H22F2N2O5. The first-order valence-electron chi connectivity index (χ1n) is 11.3. The zero-order valence-corrected chi connectivity index (χ0v) is 19.2. The van der Waals surface area contributed by atoms with Gasteiger partial charge in [-0.3, -0.25) is 14.0 Å². The second-order valence-electron chi connectivity index (χ2n) is 8.85. The van der Waals surface area contributed by atoms with E-state index in [2.05, 4.69) is 4.98 Å². The van der Waals surface area contributed by atoms with Gasteiger partial charge in [-0.2, -0.15) is 0 Å². The Bertz CT molecular complexity index is 1500. The molecule has 9 heteroatoms. The summed E-state index contributed by atoms with van der Waals surface area (Å²) in [6, 6.07) is 13.5. The van der Waals surface area contributed by atoms with Crippen LogP contribution in [0.15, 0.2) is 60.8 Å². The molecule has 2 atom stereocenters. The molecule has 2 aromatic heterocycles. The van der Waals surface area contributed by atoms with E-state index < -0.39 is 47.9 Å². The number of aliphatic hydroxyl groups excluding tert-OH is 1. The predicted molar refractivity (Wildman–Crippen MR) is 125 cm³/mol. The summed E-state index contributed by atoms with van der Waals surface area (Å²) in [5.41, 5.74) is -0.213. The Kier molecular flexibility index (Phi) is 5.80. The van der Waals surface area contributed by atoms with Crippen LogP contribution in [0.5, 0.6) is 5.75 Å². The van der Waals surface area contributed by atoms with Crippen LogP contribution in [0.25, 0.3) is 5.65 Å². The standard InChI is InChI=1S/C27H22F2N2O5/c1-15-24(21(32)13-27(26(34)35)18-7-3-2-6-16(18)12-23(27)33)31-11-5-10-22(25(31)30-15)36-14-17-19(28)8-4-9-20(17)29/h2-11,23,33H,12-14H2,1H3,(H,34,35). The number of aryl methyl sites for hydroxylation is 1. The van der Waals surface area contributed by atoms with E-state index in [0.717, 1.165) is 12.1 Å². The molecule has 2 heterocycles. The van der Waals surface area contributed by atoms with Crippen LogP contribution in [0.1, 0.15) is 39.3 Å². The van der Waals surface area contributed by atoms with Crippen molar-refractivity contribution < 1.29 is 33.3 Å². The number of carbonyl (C=O) groups is 2. The maximum absolute atomic E-state index is 14.0. The van der Waals surface area contributed by atoms with Crippen molar-refractivity contribution in [2.75, 3.05) is 0 Å². The molecule has 0 spiro atoms. The molecule has 0 fully saturated rings. The van der Waals surface area contributed by atoms with E-state index in [9.17, 15) is 28.6 Å². The molecule has 1 aliphatic carbocycles. The van der Waals surface area contributed by atoms with E-state index in [-0.39, 0.29) is 29.1 Å². The van der Waals surface area contributed by atoms with E-state index in [1.54, 1.807) is 49.5 Å². The van der Waals surface area contributed by atoms with Gasteiger partial charge >= 0.3 is 5.97 Å². The molecule has 2 N–H and O–H groups in total. The van der Waals surface area contributed by atoms with Crippen molar-refractivity contribution in [3.63, 3.8) is 0 Å². The predicted octanol–water partition coefficient (Wildman–Crippen LogP) is 4.01. The number of carboxylic acids is 1. The number of imidazole rings is 1. The van der Waals surface area contributed by atoms with Gasteiger partial charge in [0, 0.05) is 19.0 Å². The Balaban J connectivity index is 1.50.